The zero-order valence-electron chi connectivity index (χ0n) is 7.73. The summed E-state index contributed by atoms with van der Waals surface area (Å²) in [6, 6.07) is 3.04. The minimum Gasteiger partial charge on any atom is -0.377 e. The molecule has 0 radical (unpaired) electrons. The summed E-state index contributed by atoms with van der Waals surface area (Å²) in [5.74, 6) is -0.254. The van der Waals surface area contributed by atoms with Crippen molar-refractivity contribution in [2.24, 2.45) is 0 Å². The molecule has 1 nitrogen and oxygen atoms in total. The molecule has 0 unspecified atom stereocenters. The summed E-state index contributed by atoms with van der Waals surface area (Å²) >= 11 is 5.84. The van der Waals surface area contributed by atoms with Crippen molar-refractivity contribution in [2.75, 3.05) is 6.61 Å². The molecule has 3 heteroatoms. The molecule has 0 bridgehead atoms. The van der Waals surface area contributed by atoms with Crippen molar-refractivity contribution in [1.82, 2.24) is 0 Å². The molecular formula is C10H12ClFO. The first kappa shape index (κ1) is 10.5. The van der Waals surface area contributed by atoms with Gasteiger partial charge in [0.25, 0.3) is 0 Å². The van der Waals surface area contributed by atoms with E-state index in [1.54, 1.807) is 13.0 Å². The maximum absolute atomic E-state index is 13.2. The number of rotatable bonds is 3. The monoisotopic (exact) mass is 202 g/mol. The first-order valence-corrected chi connectivity index (χ1v) is 4.55. The Morgan fingerprint density at radius 3 is 2.77 bits per heavy atom. The zero-order valence-corrected chi connectivity index (χ0v) is 8.49. The molecule has 0 spiro atoms. The van der Waals surface area contributed by atoms with Gasteiger partial charge < -0.3 is 4.74 Å². The van der Waals surface area contributed by atoms with Gasteiger partial charge in [-0.1, -0.05) is 11.6 Å². The van der Waals surface area contributed by atoms with Gasteiger partial charge in [0, 0.05) is 17.2 Å². The van der Waals surface area contributed by atoms with E-state index in [0.29, 0.717) is 17.2 Å². The average molecular weight is 203 g/mol. The van der Waals surface area contributed by atoms with E-state index in [9.17, 15) is 4.39 Å². The van der Waals surface area contributed by atoms with Crippen molar-refractivity contribution < 1.29 is 9.13 Å². The molecule has 0 fully saturated rings. The van der Waals surface area contributed by atoms with Gasteiger partial charge in [-0.3, -0.25) is 0 Å². The summed E-state index contributed by atoms with van der Waals surface area (Å²) < 4.78 is 18.3. The number of halogens is 2. The molecule has 72 valence electrons. The molecule has 0 aliphatic carbocycles. The fraction of sp³-hybridized carbons (Fsp3) is 0.400. The normalized spacial score (nSPS) is 10.5. The maximum Gasteiger partial charge on any atom is 0.129 e. The van der Waals surface area contributed by atoms with Gasteiger partial charge in [0.2, 0.25) is 0 Å². The summed E-state index contributed by atoms with van der Waals surface area (Å²) in [4.78, 5) is 0. The van der Waals surface area contributed by atoms with E-state index in [0.717, 1.165) is 5.56 Å². The molecule has 1 rings (SSSR count). The Morgan fingerprint density at radius 2 is 2.15 bits per heavy atom. The minimum atomic E-state index is -0.254. The Balaban J connectivity index is 2.88. The van der Waals surface area contributed by atoms with Gasteiger partial charge in [-0.2, -0.15) is 0 Å². The molecule has 0 aromatic heterocycles. The molecule has 13 heavy (non-hydrogen) atoms. The van der Waals surface area contributed by atoms with Gasteiger partial charge in [-0.05, 0) is 31.5 Å². The Labute approximate surface area is 82.5 Å². The van der Waals surface area contributed by atoms with Gasteiger partial charge in [0.15, 0.2) is 0 Å². The van der Waals surface area contributed by atoms with Crippen molar-refractivity contribution in [3.8, 4) is 0 Å². The van der Waals surface area contributed by atoms with Crippen molar-refractivity contribution in [3.05, 3.63) is 34.1 Å². The number of benzene rings is 1. The molecular weight excluding hydrogens is 191 g/mol. The Kier molecular flexibility index (Phi) is 3.70. The topological polar surface area (TPSA) is 9.23 Å². The quantitative estimate of drug-likeness (QED) is 0.731. The molecule has 0 aliphatic rings. The first-order valence-electron chi connectivity index (χ1n) is 4.17. The van der Waals surface area contributed by atoms with Crippen LogP contribution >= 0.6 is 11.6 Å². The number of hydrogen-bond donors (Lipinski definition) is 0. The Hall–Kier alpha value is -0.600. The number of aryl methyl sites for hydroxylation is 1. The molecule has 1 aromatic carbocycles. The Morgan fingerprint density at radius 1 is 1.46 bits per heavy atom. The predicted molar refractivity (Wildman–Crippen MR) is 51.5 cm³/mol. The van der Waals surface area contributed by atoms with E-state index in [2.05, 4.69) is 0 Å². The van der Waals surface area contributed by atoms with Gasteiger partial charge in [-0.25, -0.2) is 4.39 Å². The van der Waals surface area contributed by atoms with Crippen molar-refractivity contribution in [3.63, 3.8) is 0 Å². The number of ether oxygens (including phenoxy) is 1. The van der Waals surface area contributed by atoms with Crippen LogP contribution in [-0.2, 0) is 11.3 Å². The van der Waals surface area contributed by atoms with E-state index in [4.69, 9.17) is 16.3 Å². The van der Waals surface area contributed by atoms with Gasteiger partial charge in [-0.15, -0.1) is 0 Å². The number of hydrogen-bond acceptors (Lipinski definition) is 1. The highest BCUT2D eigenvalue weighted by Crippen LogP contribution is 2.20. The molecule has 0 saturated carbocycles. The van der Waals surface area contributed by atoms with E-state index in [1.807, 2.05) is 6.92 Å². The maximum atomic E-state index is 13.2. The highest BCUT2D eigenvalue weighted by Gasteiger charge is 2.05. The van der Waals surface area contributed by atoms with E-state index in [-0.39, 0.29) is 12.4 Å². The fourth-order valence-electron chi connectivity index (χ4n) is 1.01. The van der Waals surface area contributed by atoms with Crippen LogP contribution in [0.3, 0.4) is 0 Å². The SMILES string of the molecule is CCOCc1cc(Cl)c(C)cc1F. The second-order valence-electron chi connectivity index (χ2n) is 2.83. The third kappa shape index (κ3) is 2.68. The molecule has 0 amide bonds. The lowest BCUT2D eigenvalue weighted by molar-refractivity contribution is 0.131. The summed E-state index contributed by atoms with van der Waals surface area (Å²) in [5, 5.41) is 0.580. The highest BCUT2D eigenvalue weighted by molar-refractivity contribution is 6.31. The van der Waals surface area contributed by atoms with Crippen LogP contribution in [0.25, 0.3) is 0 Å². The van der Waals surface area contributed by atoms with Crippen LogP contribution in [0.5, 0.6) is 0 Å². The first-order chi connectivity index (χ1) is 6.15. The lowest BCUT2D eigenvalue weighted by Gasteiger charge is -2.05. The Bertz CT molecular complexity index is 299. The zero-order chi connectivity index (χ0) is 9.84. The van der Waals surface area contributed by atoms with Crippen LogP contribution < -0.4 is 0 Å². The molecule has 0 atom stereocenters. The van der Waals surface area contributed by atoms with E-state index < -0.39 is 0 Å². The molecule has 1 aromatic rings. The smallest absolute Gasteiger partial charge is 0.129 e. The second-order valence-corrected chi connectivity index (χ2v) is 3.24. The van der Waals surface area contributed by atoms with Crippen LogP contribution in [-0.4, -0.2) is 6.61 Å². The van der Waals surface area contributed by atoms with Crippen LogP contribution in [0.2, 0.25) is 5.02 Å². The lowest BCUT2D eigenvalue weighted by Crippen LogP contribution is -1.96. The summed E-state index contributed by atoms with van der Waals surface area (Å²) in [6.45, 7) is 4.50. The third-order valence-electron chi connectivity index (χ3n) is 1.79. The van der Waals surface area contributed by atoms with Gasteiger partial charge in [0.1, 0.15) is 5.82 Å². The largest absolute Gasteiger partial charge is 0.377 e. The lowest BCUT2D eigenvalue weighted by atomic mass is 10.1. The van der Waals surface area contributed by atoms with Crippen molar-refractivity contribution >= 4 is 11.6 Å². The average Bonchev–Trinajstić information content (AvgIpc) is 2.09. The van der Waals surface area contributed by atoms with Gasteiger partial charge in [0.05, 0.1) is 6.61 Å². The van der Waals surface area contributed by atoms with Gasteiger partial charge >= 0.3 is 0 Å². The second kappa shape index (κ2) is 4.58. The van der Waals surface area contributed by atoms with E-state index >= 15 is 0 Å². The molecule has 0 heterocycles. The minimum absolute atomic E-state index is 0.254. The highest BCUT2D eigenvalue weighted by atomic mass is 35.5. The standard InChI is InChI=1S/C10H12ClFO/c1-3-13-6-8-5-9(11)7(2)4-10(8)12/h4-5H,3,6H2,1-2H3. The summed E-state index contributed by atoms with van der Waals surface area (Å²) in [6.07, 6.45) is 0. The third-order valence-corrected chi connectivity index (χ3v) is 2.20. The fourth-order valence-corrected chi connectivity index (χ4v) is 1.20. The molecule has 0 N–H and O–H groups in total. The van der Waals surface area contributed by atoms with Crippen molar-refractivity contribution in [2.45, 2.75) is 20.5 Å². The van der Waals surface area contributed by atoms with Crippen molar-refractivity contribution in [1.29, 1.82) is 0 Å². The summed E-state index contributed by atoms with van der Waals surface area (Å²) in [5.41, 5.74) is 1.26. The van der Waals surface area contributed by atoms with E-state index in [1.165, 1.54) is 6.07 Å². The molecule has 0 saturated heterocycles. The van der Waals surface area contributed by atoms with Crippen LogP contribution in [0.4, 0.5) is 4.39 Å². The molecule has 0 aliphatic heterocycles. The summed E-state index contributed by atoms with van der Waals surface area (Å²) in [7, 11) is 0. The van der Waals surface area contributed by atoms with Crippen LogP contribution in [0, 0.1) is 12.7 Å². The van der Waals surface area contributed by atoms with Crippen LogP contribution in [0.15, 0.2) is 12.1 Å². The van der Waals surface area contributed by atoms with Crippen LogP contribution in [0.1, 0.15) is 18.1 Å². The predicted octanol–water partition coefficient (Wildman–Crippen LogP) is 3.32.